The number of carbonyl (C=O) groups excluding carboxylic acids is 1. The lowest BCUT2D eigenvalue weighted by Gasteiger charge is -2.21. The van der Waals surface area contributed by atoms with Gasteiger partial charge in [0.2, 0.25) is 0 Å². The summed E-state index contributed by atoms with van der Waals surface area (Å²) in [5.74, 6) is 0.628. The van der Waals surface area contributed by atoms with Crippen LogP contribution >= 0.6 is 39.1 Å². The van der Waals surface area contributed by atoms with Gasteiger partial charge in [-0.2, -0.15) is 0 Å². The number of ether oxygens (including phenoxy) is 2. The Morgan fingerprint density at radius 3 is 2.27 bits per heavy atom. The standard InChI is InChI=1S/C21H25BrCl2N2O4/c1-5-29-17-6-12(10-25-13-7-15(23)20(28)16(24)8-13)14(22)9-18(17)30-11-19(27)26-21(2,3)4/h6-9,25,28H,5,10-11H2,1-4H3,(H,26,27). The lowest BCUT2D eigenvalue weighted by atomic mass is 10.1. The molecule has 2 rings (SSSR count). The minimum absolute atomic E-state index is 0.119. The van der Waals surface area contributed by atoms with Gasteiger partial charge in [-0.15, -0.1) is 0 Å². The van der Waals surface area contributed by atoms with Crippen molar-refractivity contribution in [2.45, 2.75) is 39.8 Å². The molecule has 30 heavy (non-hydrogen) atoms. The van der Waals surface area contributed by atoms with Crippen LogP contribution in [-0.2, 0) is 11.3 Å². The van der Waals surface area contributed by atoms with E-state index in [4.69, 9.17) is 32.7 Å². The summed E-state index contributed by atoms with van der Waals surface area (Å²) in [4.78, 5) is 12.1. The summed E-state index contributed by atoms with van der Waals surface area (Å²) in [6.07, 6.45) is 0. The van der Waals surface area contributed by atoms with E-state index in [0.29, 0.717) is 30.3 Å². The minimum Gasteiger partial charge on any atom is -0.505 e. The number of hydrogen-bond acceptors (Lipinski definition) is 5. The van der Waals surface area contributed by atoms with Crippen molar-refractivity contribution in [2.75, 3.05) is 18.5 Å². The van der Waals surface area contributed by atoms with E-state index in [1.807, 2.05) is 33.8 Å². The molecule has 0 radical (unpaired) electrons. The van der Waals surface area contributed by atoms with Crippen molar-refractivity contribution in [3.05, 3.63) is 44.3 Å². The van der Waals surface area contributed by atoms with Gasteiger partial charge in [0.15, 0.2) is 23.9 Å². The minimum atomic E-state index is -0.334. The Morgan fingerprint density at radius 2 is 1.70 bits per heavy atom. The van der Waals surface area contributed by atoms with Crippen LogP contribution in [0.4, 0.5) is 5.69 Å². The van der Waals surface area contributed by atoms with Crippen LogP contribution in [0.1, 0.15) is 33.3 Å². The molecular formula is C21H25BrCl2N2O4. The van der Waals surface area contributed by atoms with Gasteiger partial charge < -0.3 is 25.2 Å². The maximum Gasteiger partial charge on any atom is 0.258 e. The van der Waals surface area contributed by atoms with E-state index in [1.165, 1.54) is 0 Å². The molecule has 0 saturated heterocycles. The van der Waals surface area contributed by atoms with Crippen molar-refractivity contribution in [3.63, 3.8) is 0 Å². The molecule has 164 valence electrons. The molecule has 2 aromatic rings. The number of anilines is 1. The second-order valence-electron chi connectivity index (χ2n) is 7.55. The maximum atomic E-state index is 12.1. The van der Waals surface area contributed by atoms with Gasteiger partial charge in [0.05, 0.1) is 16.7 Å². The normalized spacial score (nSPS) is 11.2. The summed E-state index contributed by atoms with van der Waals surface area (Å²) in [5.41, 5.74) is 1.22. The van der Waals surface area contributed by atoms with Gasteiger partial charge >= 0.3 is 0 Å². The maximum absolute atomic E-state index is 12.1. The van der Waals surface area contributed by atoms with Crippen molar-refractivity contribution in [1.82, 2.24) is 5.32 Å². The molecule has 6 nitrogen and oxygen atoms in total. The number of hydrogen-bond donors (Lipinski definition) is 3. The SMILES string of the molecule is CCOc1cc(CNc2cc(Cl)c(O)c(Cl)c2)c(Br)cc1OCC(=O)NC(C)(C)C. The van der Waals surface area contributed by atoms with Gasteiger partial charge in [0.1, 0.15) is 0 Å². The fourth-order valence-electron chi connectivity index (χ4n) is 2.56. The Kier molecular flexibility index (Phi) is 8.52. The predicted molar refractivity (Wildman–Crippen MR) is 124 cm³/mol. The first kappa shape index (κ1) is 24.4. The molecule has 0 aliphatic carbocycles. The summed E-state index contributed by atoms with van der Waals surface area (Å²) in [5, 5.41) is 16.1. The second kappa shape index (κ2) is 10.5. The van der Waals surface area contributed by atoms with E-state index < -0.39 is 0 Å². The van der Waals surface area contributed by atoms with E-state index in [9.17, 15) is 9.90 Å². The summed E-state index contributed by atoms with van der Waals surface area (Å²) in [7, 11) is 0. The summed E-state index contributed by atoms with van der Waals surface area (Å²) < 4.78 is 12.2. The molecule has 0 atom stereocenters. The van der Waals surface area contributed by atoms with Gasteiger partial charge in [0.25, 0.3) is 5.91 Å². The highest BCUT2D eigenvalue weighted by Crippen LogP contribution is 2.36. The fraction of sp³-hybridized carbons (Fsp3) is 0.381. The van der Waals surface area contributed by atoms with Crippen molar-refractivity contribution in [2.24, 2.45) is 0 Å². The largest absolute Gasteiger partial charge is 0.505 e. The van der Waals surface area contributed by atoms with E-state index in [2.05, 4.69) is 26.6 Å². The third-order valence-corrected chi connectivity index (χ3v) is 5.10. The summed E-state index contributed by atoms with van der Waals surface area (Å²) >= 11 is 15.5. The Hall–Kier alpha value is -1.83. The Bertz CT molecular complexity index is 894. The Morgan fingerprint density at radius 1 is 1.10 bits per heavy atom. The second-order valence-corrected chi connectivity index (χ2v) is 9.22. The van der Waals surface area contributed by atoms with Crippen LogP contribution in [0, 0.1) is 0 Å². The first-order valence-corrected chi connectivity index (χ1v) is 10.9. The average molecular weight is 520 g/mol. The number of aromatic hydroxyl groups is 1. The molecule has 0 heterocycles. The zero-order chi connectivity index (χ0) is 22.5. The van der Waals surface area contributed by atoms with Crippen LogP contribution in [-0.4, -0.2) is 29.8 Å². The Labute approximate surface area is 195 Å². The van der Waals surface area contributed by atoms with E-state index in [1.54, 1.807) is 18.2 Å². The zero-order valence-electron chi connectivity index (χ0n) is 17.2. The molecule has 9 heteroatoms. The van der Waals surface area contributed by atoms with Crippen LogP contribution < -0.4 is 20.1 Å². The van der Waals surface area contributed by atoms with Gasteiger partial charge in [-0.3, -0.25) is 4.79 Å². The number of nitrogens with one attached hydrogen (secondary N) is 2. The van der Waals surface area contributed by atoms with Crippen LogP contribution in [0.5, 0.6) is 17.2 Å². The topological polar surface area (TPSA) is 79.8 Å². The first-order chi connectivity index (χ1) is 14.0. The Balaban J connectivity index is 2.14. The van der Waals surface area contributed by atoms with E-state index in [-0.39, 0.29) is 33.8 Å². The molecule has 0 aromatic heterocycles. The van der Waals surface area contributed by atoms with Crippen molar-refractivity contribution < 1.29 is 19.4 Å². The number of halogens is 3. The predicted octanol–water partition coefficient (Wildman–Crippen LogP) is 5.77. The lowest BCUT2D eigenvalue weighted by Crippen LogP contribution is -2.43. The van der Waals surface area contributed by atoms with Crippen molar-refractivity contribution in [3.8, 4) is 17.2 Å². The molecule has 0 unspecified atom stereocenters. The number of phenolic OH excluding ortho intramolecular Hbond substituents is 1. The van der Waals surface area contributed by atoms with Gasteiger partial charge in [0, 0.05) is 22.2 Å². The van der Waals surface area contributed by atoms with Crippen molar-refractivity contribution in [1.29, 1.82) is 0 Å². The number of benzene rings is 2. The molecule has 2 aromatic carbocycles. The fourth-order valence-corrected chi connectivity index (χ4v) is 3.51. The third kappa shape index (κ3) is 7.15. The van der Waals surface area contributed by atoms with Crippen LogP contribution in [0.25, 0.3) is 0 Å². The molecular weight excluding hydrogens is 495 g/mol. The molecule has 0 aliphatic rings. The van der Waals surface area contributed by atoms with E-state index >= 15 is 0 Å². The number of phenols is 1. The van der Waals surface area contributed by atoms with E-state index in [0.717, 1.165) is 10.0 Å². The average Bonchev–Trinajstić information content (AvgIpc) is 2.63. The van der Waals surface area contributed by atoms with Gasteiger partial charge in [-0.25, -0.2) is 0 Å². The summed E-state index contributed by atoms with van der Waals surface area (Å²) in [6, 6.07) is 6.78. The molecule has 0 aliphatic heterocycles. The van der Waals surface area contributed by atoms with Crippen LogP contribution in [0.2, 0.25) is 10.0 Å². The molecule has 0 fully saturated rings. The smallest absolute Gasteiger partial charge is 0.258 e. The van der Waals surface area contributed by atoms with Crippen molar-refractivity contribution >= 4 is 50.7 Å². The quantitative estimate of drug-likeness (QED) is 0.386. The molecule has 0 saturated carbocycles. The zero-order valence-corrected chi connectivity index (χ0v) is 20.3. The number of carbonyl (C=O) groups is 1. The highest BCUT2D eigenvalue weighted by molar-refractivity contribution is 9.10. The molecule has 3 N–H and O–H groups in total. The lowest BCUT2D eigenvalue weighted by molar-refractivity contribution is -0.124. The molecule has 0 spiro atoms. The number of rotatable bonds is 8. The molecule has 1 amide bonds. The summed E-state index contributed by atoms with van der Waals surface area (Å²) in [6.45, 7) is 8.35. The van der Waals surface area contributed by atoms with Crippen LogP contribution in [0.3, 0.4) is 0 Å². The van der Waals surface area contributed by atoms with Gasteiger partial charge in [-0.1, -0.05) is 39.1 Å². The third-order valence-electron chi connectivity index (χ3n) is 3.79. The molecule has 0 bridgehead atoms. The van der Waals surface area contributed by atoms with Crippen LogP contribution in [0.15, 0.2) is 28.7 Å². The monoisotopic (exact) mass is 518 g/mol. The number of amides is 1. The van der Waals surface area contributed by atoms with Gasteiger partial charge in [-0.05, 0) is 57.5 Å². The highest BCUT2D eigenvalue weighted by atomic mass is 79.9. The first-order valence-electron chi connectivity index (χ1n) is 9.31. The highest BCUT2D eigenvalue weighted by Gasteiger charge is 2.16.